The molecule has 3 rings (SSSR count). The SMILES string of the molecule is CCN1CCN(C(=O)c2cccc(C(=O)Nc3ccc(C(C)(C)C)cc3)n2)CC1. The van der Waals surface area contributed by atoms with Crippen LogP contribution < -0.4 is 5.32 Å². The molecule has 1 aliphatic heterocycles. The Morgan fingerprint density at radius 1 is 0.966 bits per heavy atom. The van der Waals surface area contributed by atoms with Gasteiger partial charge in [0.05, 0.1) is 0 Å². The molecule has 0 radical (unpaired) electrons. The van der Waals surface area contributed by atoms with E-state index in [0.717, 1.165) is 19.6 Å². The van der Waals surface area contributed by atoms with Gasteiger partial charge in [-0.3, -0.25) is 9.59 Å². The zero-order valence-corrected chi connectivity index (χ0v) is 17.7. The van der Waals surface area contributed by atoms with Gasteiger partial charge in [-0.15, -0.1) is 0 Å². The van der Waals surface area contributed by atoms with Crippen LogP contribution in [0.5, 0.6) is 0 Å². The van der Waals surface area contributed by atoms with Crippen molar-refractivity contribution in [1.29, 1.82) is 0 Å². The molecule has 2 heterocycles. The second-order valence-corrected chi connectivity index (χ2v) is 8.42. The number of anilines is 1. The molecule has 1 N–H and O–H groups in total. The summed E-state index contributed by atoms with van der Waals surface area (Å²) in [5.74, 6) is -0.441. The molecule has 0 atom stereocenters. The second-order valence-electron chi connectivity index (χ2n) is 8.42. The van der Waals surface area contributed by atoms with Crippen LogP contribution in [0.25, 0.3) is 0 Å². The van der Waals surface area contributed by atoms with Gasteiger partial charge in [0, 0.05) is 31.9 Å². The second kappa shape index (κ2) is 8.74. The summed E-state index contributed by atoms with van der Waals surface area (Å²) in [5, 5.41) is 2.86. The Morgan fingerprint density at radius 3 is 2.17 bits per heavy atom. The first kappa shape index (κ1) is 21.0. The van der Waals surface area contributed by atoms with E-state index in [9.17, 15) is 9.59 Å². The Balaban J connectivity index is 1.67. The van der Waals surface area contributed by atoms with E-state index in [4.69, 9.17) is 0 Å². The summed E-state index contributed by atoms with van der Waals surface area (Å²) in [7, 11) is 0. The van der Waals surface area contributed by atoms with E-state index in [1.165, 1.54) is 5.56 Å². The molecule has 1 aliphatic rings. The third-order valence-electron chi connectivity index (χ3n) is 5.32. The maximum Gasteiger partial charge on any atom is 0.274 e. The summed E-state index contributed by atoms with van der Waals surface area (Å²) in [6, 6.07) is 12.8. The van der Waals surface area contributed by atoms with Crippen LogP contribution in [-0.4, -0.2) is 59.3 Å². The lowest BCUT2D eigenvalue weighted by Crippen LogP contribution is -2.48. The highest BCUT2D eigenvalue weighted by Gasteiger charge is 2.23. The molecule has 154 valence electrons. The fraction of sp³-hybridized carbons (Fsp3) is 0.435. The number of aromatic nitrogens is 1. The van der Waals surface area contributed by atoms with Crippen molar-refractivity contribution in [2.45, 2.75) is 33.1 Å². The minimum Gasteiger partial charge on any atom is -0.335 e. The van der Waals surface area contributed by atoms with Crippen molar-refractivity contribution >= 4 is 17.5 Å². The van der Waals surface area contributed by atoms with Crippen molar-refractivity contribution < 1.29 is 9.59 Å². The van der Waals surface area contributed by atoms with Gasteiger partial charge < -0.3 is 15.1 Å². The number of amides is 2. The van der Waals surface area contributed by atoms with E-state index < -0.39 is 0 Å². The summed E-state index contributed by atoms with van der Waals surface area (Å²) in [6.45, 7) is 12.7. The molecule has 29 heavy (non-hydrogen) atoms. The van der Waals surface area contributed by atoms with Gasteiger partial charge in [0.15, 0.2) is 0 Å². The van der Waals surface area contributed by atoms with E-state index in [0.29, 0.717) is 24.5 Å². The standard InChI is InChI=1S/C23H30N4O2/c1-5-26-13-15-27(16-14-26)22(29)20-8-6-7-19(25-20)21(28)24-18-11-9-17(10-12-18)23(2,3)4/h6-12H,5,13-16H2,1-4H3,(H,24,28). The van der Waals surface area contributed by atoms with Gasteiger partial charge in [-0.2, -0.15) is 0 Å². The molecule has 6 heteroatoms. The number of piperazine rings is 1. The molecule has 1 fully saturated rings. The van der Waals surface area contributed by atoms with Gasteiger partial charge in [0.1, 0.15) is 11.4 Å². The number of rotatable bonds is 4. The highest BCUT2D eigenvalue weighted by molar-refractivity contribution is 6.03. The van der Waals surface area contributed by atoms with Crippen molar-refractivity contribution in [1.82, 2.24) is 14.8 Å². The number of pyridine rings is 1. The molecule has 2 amide bonds. The highest BCUT2D eigenvalue weighted by atomic mass is 16.2. The number of nitrogens with one attached hydrogen (secondary N) is 1. The van der Waals surface area contributed by atoms with E-state index in [1.54, 1.807) is 23.1 Å². The molecule has 1 saturated heterocycles. The number of nitrogens with zero attached hydrogens (tertiary/aromatic N) is 3. The molecular weight excluding hydrogens is 364 g/mol. The molecule has 0 saturated carbocycles. The zero-order chi connectivity index (χ0) is 21.0. The van der Waals surface area contributed by atoms with E-state index in [-0.39, 0.29) is 22.9 Å². The third kappa shape index (κ3) is 5.21. The third-order valence-corrected chi connectivity index (χ3v) is 5.32. The molecule has 0 aliphatic carbocycles. The molecule has 0 unspecified atom stereocenters. The van der Waals surface area contributed by atoms with Crippen LogP contribution in [0, 0.1) is 0 Å². The van der Waals surface area contributed by atoms with Crippen molar-refractivity contribution in [2.24, 2.45) is 0 Å². The van der Waals surface area contributed by atoms with Crippen LogP contribution in [0.4, 0.5) is 5.69 Å². The number of benzene rings is 1. The Bertz CT molecular complexity index is 863. The first-order valence-electron chi connectivity index (χ1n) is 10.2. The lowest BCUT2D eigenvalue weighted by Gasteiger charge is -2.33. The summed E-state index contributed by atoms with van der Waals surface area (Å²) in [6.07, 6.45) is 0. The van der Waals surface area contributed by atoms with Gasteiger partial charge in [0.25, 0.3) is 11.8 Å². The van der Waals surface area contributed by atoms with Gasteiger partial charge in [-0.25, -0.2) is 4.98 Å². The van der Waals surface area contributed by atoms with E-state index in [2.05, 4.69) is 42.9 Å². The van der Waals surface area contributed by atoms with E-state index in [1.807, 2.05) is 24.3 Å². The monoisotopic (exact) mass is 394 g/mol. The Morgan fingerprint density at radius 2 is 1.59 bits per heavy atom. The highest BCUT2D eigenvalue weighted by Crippen LogP contribution is 2.23. The average molecular weight is 395 g/mol. The Kier molecular flexibility index (Phi) is 6.33. The number of carbonyl (C=O) groups excluding carboxylic acids is 2. The normalized spacial score (nSPS) is 15.2. The molecule has 2 aromatic rings. The molecule has 6 nitrogen and oxygen atoms in total. The maximum absolute atomic E-state index is 12.8. The average Bonchev–Trinajstić information content (AvgIpc) is 2.73. The number of carbonyl (C=O) groups is 2. The van der Waals surface area contributed by atoms with Gasteiger partial charge >= 0.3 is 0 Å². The fourth-order valence-electron chi connectivity index (χ4n) is 3.36. The largest absolute Gasteiger partial charge is 0.335 e. The maximum atomic E-state index is 12.8. The lowest BCUT2D eigenvalue weighted by molar-refractivity contribution is 0.0637. The van der Waals surface area contributed by atoms with Crippen LogP contribution in [0.1, 0.15) is 54.2 Å². The van der Waals surface area contributed by atoms with Gasteiger partial charge in [-0.1, -0.05) is 45.9 Å². The summed E-state index contributed by atoms with van der Waals surface area (Å²) in [4.78, 5) is 33.8. The Hall–Kier alpha value is -2.73. The fourth-order valence-corrected chi connectivity index (χ4v) is 3.36. The predicted octanol–water partition coefficient (Wildman–Crippen LogP) is 3.41. The number of hydrogen-bond acceptors (Lipinski definition) is 4. The smallest absolute Gasteiger partial charge is 0.274 e. The molecular formula is C23H30N4O2. The molecule has 1 aromatic heterocycles. The predicted molar refractivity (Wildman–Crippen MR) is 115 cm³/mol. The first-order valence-corrected chi connectivity index (χ1v) is 10.2. The van der Waals surface area contributed by atoms with Crippen molar-refractivity contribution in [3.05, 3.63) is 59.4 Å². The first-order chi connectivity index (χ1) is 13.8. The van der Waals surface area contributed by atoms with Crippen LogP contribution >= 0.6 is 0 Å². The summed E-state index contributed by atoms with van der Waals surface area (Å²) < 4.78 is 0. The van der Waals surface area contributed by atoms with Gasteiger partial charge in [-0.05, 0) is 41.8 Å². The van der Waals surface area contributed by atoms with Crippen LogP contribution in [0.15, 0.2) is 42.5 Å². The van der Waals surface area contributed by atoms with Crippen molar-refractivity contribution in [2.75, 3.05) is 38.0 Å². The van der Waals surface area contributed by atoms with Gasteiger partial charge in [0.2, 0.25) is 0 Å². The number of likely N-dealkylation sites (N-methyl/N-ethyl adjacent to an activating group) is 1. The quantitative estimate of drug-likeness (QED) is 0.863. The number of hydrogen-bond donors (Lipinski definition) is 1. The lowest BCUT2D eigenvalue weighted by atomic mass is 9.87. The Labute approximate surface area is 172 Å². The molecule has 1 aromatic carbocycles. The van der Waals surface area contributed by atoms with Crippen molar-refractivity contribution in [3.8, 4) is 0 Å². The minimum absolute atomic E-state index is 0.0569. The summed E-state index contributed by atoms with van der Waals surface area (Å²) in [5.41, 5.74) is 2.51. The molecule has 0 bridgehead atoms. The van der Waals surface area contributed by atoms with Crippen LogP contribution in [-0.2, 0) is 5.41 Å². The summed E-state index contributed by atoms with van der Waals surface area (Å²) >= 11 is 0. The van der Waals surface area contributed by atoms with Crippen LogP contribution in [0.2, 0.25) is 0 Å². The van der Waals surface area contributed by atoms with E-state index >= 15 is 0 Å². The van der Waals surface area contributed by atoms with Crippen molar-refractivity contribution in [3.63, 3.8) is 0 Å². The topological polar surface area (TPSA) is 65.5 Å². The molecule has 0 spiro atoms. The minimum atomic E-state index is -0.320. The van der Waals surface area contributed by atoms with Crippen LogP contribution in [0.3, 0.4) is 0 Å². The zero-order valence-electron chi connectivity index (χ0n) is 17.7.